The lowest BCUT2D eigenvalue weighted by Crippen LogP contribution is -2.28. The van der Waals surface area contributed by atoms with Crippen molar-refractivity contribution in [2.24, 2.45) is 0 Å². The summed E-state index contributed by atoms with van der Waals surface area (Å²) in [6.45, 7) is 1.92. The molecule has 0 spiro atoms. The fourth-order valence-corrected chi connectivity index (χ4v) is 3.35. The molecule has 0 radical (unpaired) electrons. The van der Waals surface area contributed by atoms with E-state index in [0.29, 0.717) is 25.0 Å². The molecule has 1 heterocycles. The molecule has 124 valence electrons. The third-order valence-corrected chi connectivity index (χ3v) is 4.97. The predicted molar refractivity (Wildman–Crippen MR) is 87.6 cm³/mol. The largest absolute Gasteiger partial charge is 0.508 e. The molecule has 3 rings (SSSR count). The summed E-state index contributed by atoms with van der Waals surface area (Å²) in [4.78, 5) is 7.84. The molecule has 1 aromatic carbocycles. The number of nitrogens with one attached hydrogen (secondary N) is 1. The van der Waals surface area contributed by atoms with Crippen molar-refractivity contribution in [2.45, 2.75) is 50.6 Å². The molecular formula is C18H23FN2O2. The van der Waals surface area contributed by atoms with Crippen molar-refractivity contribution < 1.29 is 14.2 Å². The number of aromatic amines is 1. The first-order valence-corrected chi connectivity index (χ1v) is 8.16. The van der Waals surface area contributed by atoms with Gasteiger partial charge in [0.25, 0.3) is 0 Å². The van der Waals surface area contributed by atoms with Gasteiger partial charge in [0, 0.05) is 17.5 Å². The second kappa shape index (κ2) is 6.22. The molecule has 0 amide bonds. The zero-order valence-electron chi connectivity index (χ0n) is 13.6. The van der Waals surface area contributed by atoms with Gasteiger partial charge in [-0.1, -0.05) is 6.92 Å². The Hall–Kier alpha value is -2.04. The minimum Gasteiger partial charge on any atom is -0.508 e. The highest BCUT2D eigenvalue weighted by molar-refractivity contribution is 5.68. The zero-order chi connectivity index (χ0) is 16.4. The van der Waals surface area contributed by atoms with Crippen molar-refractivity contribution in [3.63, 3.8) is 0 Å². The van der Waals surface area contributed by atoms with Gasteiger partial charge < -0.3 is 14.8 Å². The number of benzene rings is 1. The number of halogens is 1. The molecule has 23 heavy (non-hydrogen) atoms. The van der Waals surface area contributed by atoms with Crippen LogP contribution in [0.3, 0.4) is 0 Å². The number of hydrogen-bond donors (Lipinski definition) is 2. The van der Waals surface area contributed by atoms with Gasteiger partial charge in [-0.2, -0.15) is 0 Å². The summed E-state index contributed by atoms with van der Waals surface area (Å²) in [6, 6.07) is 5.00. The van der Waals surface area contributed by atoms with Crippen LogP contribution in [0.5, 0.6) is 11.5 Å². The highest BCUT2D eigenvalue weighted by atomic mass is 19.1. The Kier molecular flexibility index (Phi) is 4.28. The van der Waals surface area contributed by atoms with Crippen molar-refractivity contribution in [3.8, 4) is 22.8 Å². The van der Waals surface area contributed by atoms with E-state index in [0.717, 1.165) is 29.9 Å². The second-order valence-corrected chi connectivity index (χ2v) is 6.35. The van der Waals surface area contributed by atoms with E-state index < -0.39 is 5.67 Å². The molecular weight excluding hydrogens is 295 g/mol. The van der Waals surface area contributed by atoms with Crippen molar-refractivity contribution >= 4 is 0 Å². The summed E-state index contributed by atoms with van der Waals surface area (Å²) in [5, 5.41) is 9.56. The average molecular weight is 318 g/mol. The molecule has 5 heteroatoms. The number of alkyl halides is 1. The van der Waals surface area contributed by atoms with Gasteiger partial charge in [0.2, 0.25) is 0 Å². The number of nitrogens with zero attached hydrogens (tertiary/aromatic N) is 1. The number of aromatic nitrogens is 2. The number of rotatable bonds is 4. The molecule has 0 unspecified atom stereocenters. The van der Waals surface area contributed by atoms with Crippen LogP contribution in [0.1, 0.15) is 50.8 Å². The number of hydrogen-bond acceptors (Lipinski definition) is 3. The molecule has 2 aromatic rings. The summed E-state index contributed by atoms with van der Waals surface area (Å²) in [5.41, 5.74) is 0.712. The molecule has 0 bridgehead atoms. The average Bonchev–Trinajstić information content (AvgIpc) is 3.05. The van der Waals surface area contributed by atoms with Crippen molar-refractivity contribution in [1.82, 2.24) is 9.97 Å². The van der Waals surface area contributed by atoms with Crippen LogP contribution < -0.4 is 4.74 Å². The highest BCUT2D eigenvalue weighted by Gasteiger charge is 2.35. The minimum absolute atomic E-state index is 0.163. The smallest absolute Gasteiger partial charge is 0.131 e. The van der Waals surface area contributed by atoms with Crippen LogP contribution >= 0.6 is 0 Å². The maximum absolute atomic E-state index is 14.3. The van der Waals surface area contributed by atoms with Gasteiger partial charge in [-0.25, -0.2) is 9.37 Å². The van der Waals surface area contributed by atoms with E-state index in [-0.39, 0.29) is 11.7 Å². The third-order valence-electron chi connectivity index (χ3n) is 4.97. The van der Waals surface area contributed by atoms with Gasteiger partial charge in [-0.3, -0.25) is 0 Å². The molecule has 0 aliphatic heterocycles. The Morgan fingerprint density at radius 1 is 1.39 bits per heavy atom. The first kappa shape index (κ1) is 15.8. The molecule has 2 N–H and O–H groups in total. The molecule has 1 aliphatic carbocycles. The Balaban J connectivity index is 1.79. The maximum Gasteiger partial charge on any atom is 0.131 e. The van der Waals surface area contributed by atoms with E-state index in [4.69, 9.17) is 4.74 Å². The lowest BCUT2D eigenvalue weighted by molar-refractivity contribution is 0.0928. The van der Waals surface area contributed by atoms with Crippen LogP contribution in [-0.2, 0) is 0 Å². The van der Waals surface area contributed by atoms with Gasteiger partial charge in [-0.05, 0) is 44.2 Å². The van der Waals surface area contributed by atoms with Gasteiger partial charge in [0.1, 0.15) is 23.0 Å². The number of aromatic hydroxyl groups is 1. The Morgan fingerprint density at radius 3 is 2.78 bits per heavy atom. The van der Waals surface area contributed by atoms with Gasteiger partial charge in [-0.15, -0.1) is 0 Å². The topological polar surface area (TPSA) is 58.1 Å². The predicted octanol–water partition coefficient (Wildman–Crippen LogP) is 4.57. The summed E-state index contributed by atoms with van der Waals surface area (Å²) in [5.74, 6) is 1.95. The minimum atomic E-state index is -0.994. The van der Waals surface area contributed by atoms with Crippen LogP contribution in [-0.4, -0.2) is 27.9 Å². The third kappa shape index (κ3) is 3.19. The summed E-state index contributed by atoms with van der Waals surface area (Å²) in [6.07, 6.45) is 5.22. The summed E-state index contributed by atoms with van der Waals surface area (Å²) < 4.78 is 19.6. The number of ether oxygens (including phenoxy) is 1. The van der Waals surface area contributed by atoms with E-state index in [1.165, 1.54) is 0 Å². The first-order valence-electron chi connectivity index (χ1n) is 8.16. The van der Waals surface area contributed by atoms with Crippen molar-refractivity contribution in [2.75, 3.05) is 7.11 Å². The van der Waals surface area contributed by atoms with Crippen molar-refractivity contribution in [1.29, 1.82) is 0 Å². The van der Waals surface area contributed by atoms with Crippen molar-refractivity contribution in [3.05, 3.63) is 30.2 Å². The lowest BCUT2D eigenvalue weighted by Gasteiger charge is -2.32. The van der Waals surface area contributed by atoms with Crippen LogP contribution in [0.2, 0.25) is 0 Å². The molecule has 1 fully saturated rings. The van der Waals surface area contributed by atoms with E-state index in [1.807, 2.05) is 6.92 Å². The Morgan fingerprint density at radius 2 is 2.13 bits per heavy atom. The van der Waals surface area contributed by atoms with Crippen LogP contribution in [0.4, 0.5) is 4.39 Å². The van der Waals surface area contributed by atoms with E-state index in [1.54, 1.807) is 31.5 Å². The Bertz CT molecular complexity index is 675. The normalized spacial score (nSPS) is 24.6. The van der Waals surface area contributed by atoms with Crippen LogP contribution in [0.25, 0.3) is 11.3 Å². The van der Waals surface area contributed by atoms with E-state index >= 15 is 0 Å². The molecule has 1 aliphatic rings. The Labute approximate surface area is 135 Å². The summed E-state index contributed by atoms with van der Waals surface area (Å²) in [7, 11) is 1.57. The second-order valence-electron chi connectivity index (χ2n) is 6.35. The van der Waals surface area contributed by atoms with Crippen LogP contribution in [0.15, 0.2) is 24.4 Å². The van der Waals surface area contributed by atoms with Gasteiger partial charge in [0.15, 0.2) is 0 Å². The van der Waals surface area contributed by atoms with Gasteiger partial charge >= 0.3 is 0 Å². The fraction of sp³-hybridized carbons (Fsp3) is 0.500. The fourth-order valence-electron chi connectivity index (χ4n) is 3.35. The molecule has 1 saturated carbocycles. The molecule has 1 aromatic heterocycles. The molecule has 0 saturated heterocycles. The molecule has 4 nitrogen and oxygen atoms in total. The number of methoxy groups -OCH3 is 1. The van der Waals surface area contributed by atoms with E-state index in [2.05, 4.69) is 9.97 Å². The number of phenolic OH excluding ortho intramolecular Hbond substituents is 1. The SMILES string of the molecule is CCC1(F)CCC(c2ncc(-c3ccc(O)cc3OC)[nH]2)CC1. The van der Waals surface area contributed by atoms with Crippen LogP contribution in [0, 0.1) is 0 Å². The monoisotopic (exact) mass is 318 g/mol. The van der Waals surface area contributed by atoms with E-state index in [9.17, 15) is 9.50 Å². The van der Waals surface area contributed by atoms with Gasteiger partial charge in [0.05, 0.1) is 19.0 Å². The lowest BCUT2D eigenvalue weighted by atomic mass is 9.78. The number of H-pyrrole nitrogens is 1. The maximum atomic E-state index is 14.3. The number of imidazole rings is 1. The summed E-state index contributed by atoms with van der Waals surface area (Å²) >= 11 is 0. The first-order chi connectivity index (χ1) is 11.0. The standard InChI is InChI=1S/C18H23FN2O2/c1-3-18(19)8-6-12(7-9-18)17-20-11-15(21-17)14-5-4-13(22)10-16(14)23-2/h4-5,10-12,22H,3,6-9H2,1-2H3,(H,20,21). The molecule has 0 atom stereocenters. The zero-order valence-corrected chi connectivity index (χ0v) is 13.6. The number of phenols is 1. The highest BCUT2D eigenvalue weighted by Crippen LogP contribution is 2.41. The quantitative estimate of drug-likeness (QED) is 0.868.